The van der Waals surface area contributed by atoms with Crippen LogP contribution in [0, 0.1) is 0 Å². The molecule has 0 saturated carbocycles. The van der Waals surface area contributed by atoms with Gasteiger partial charge in [-0.3, -0.25) is 4.31 Å². The van der Waals surface area contributed by atoms with E-state index < -0.39 is 10.2 Å². The van der Waals surface area contributed by atoms with Crippen LogP contribution in [0.5, 0.6) is 5.75 Å². The highest BCUT2D eigenvalue weighted by molar-refractivity contribution is 7.90. The first kappa shape index (κ1) is 12.2. The number of ether oxygens (including phenoxy) is 1. The quantitative estimate of drug-likeness (QED) is 0.813. The van der Waals surface area contributed by atoms with E-state index in [0.29, 0.717) is 25.3 Å². The molecule has 6 heteroatoms. The maximum Gasteiger partial charge on any atom is 0.304 e. The van der Waals surface area contributed by atoms with Gasteiger partial charge in [0.25, 0.3) is 0 Å². The van der Waals surface area contributed by atoms with Crippen LogP contribution in [0.4, 0.5) is 5.69 Å². The van der Waals surface area contributed by atoms with Crippen molar-refractivity contribution in [2.75, 3.05) is 31.0 Å². The second kappa shape index (κ2) is 4.54. The fraction of sp³-hybridized carbons (Fsp3) is 0.455. The molecular formula is C11H16N2O3S. The molecule has 0 spiro atoms. The molecule has 0 radical (unpaired) electrons. The largest absolute Gasteiger partial charge is 0.497 e. The zero-order valence-corrected chi connectivity index (χ0v) is 10.8. The van der Waals surface area contributed by atoms with Crippen LogP contribution in [-0.2, 0) is 10.2 Å². The van der Waals surface area contributed by atoms with Crippen molar-refractivity contribution in [3.05, 3.63) is 24.3 Å². The van der Waals surface area contributed by atoms with E-state index in [1.165, 1.54) is 8.61 Å². The average Bonchev–Trinajstić information content (AvgIpc) is 2.64. The molecule has 5 nitrogen and oxygen atoms in total. The van der Waals surface area contributed by atoms with Crippen LogP contribution in [-0.4, -0.2) is 39.5 Å². The predicted octanol–water partition coefficient (Wildman–Crippen LogP) is 1.08. The first-order valence-corrected chi connectivity index (χ1v) is 6.91. The van der Waals surface area contributed by atoms with Gasteiger partial charge in [-0.15, -0.1) is 0 Å². The van der Waals surface area contributed by atoms with Crippen molar-refractivity contribution in [2.45, 2.75) is 6.92 Å². The van der Waals surface area contributed by atoms with Crippen molar-refractivity contribution in [3.63, 3.8) is 0 Å². The zero-order chi connectivity index (χ0) is 12.5. The first-order chi connectivity index (χ1) is 8.09. The Kier molecular flexibility index (Phi) is 3.26. The third-order valence-electron chi connectivity index (χ3n) is 2.87. The Bertz CT molecular complexity index is 484. The van der Waals surface area contributed by atoms with Gasteiger partial charge in [0.05, 0.1) is 12.8 Å². The van der Waals surface area contributed by atoms with Crippen LogP contribution in [0.1, 0.15) is 6.92 Å². The Morgan fingerprint density at radius 3 is 2.35 bits per heavy atom. The van der Waals surface area contributed by atoms with Crippen molar-refractivity contribution in [3.8, 4) is 5.75 Å². The highest BCUT2D eigenvalue weighted by atomic mass is 32.2. The molecule has 0 unspecified atom stereocenters. The van der Waals surface area contributed by atoms with E-state index >= 15 is 0 Å². The molecule has 0 aliphatic carbocycles. The van der Waals surface area contributed by atoms with Crippen molar-refractivity contribution >= 4 is 15.9 Å². The van der Waals surface area contributed by atoms with Crippen LogP contribution in [0.3, 0.4) is 0 Å². The lowest BCUT2D eigenvalue weighted by molar-refractivity contribution is 0.415. The Labute approximate surface area is 102 Å². The highest BCUT2D eigenvalue weighted by Gasteiger charge is 2.35. The third-order valence-corrected chi connectivity index (χ3v) is 4.91. The first-order valence-electron chi connectivity index (χ1n) is 5.51. The van der Waals surface area contributed by atoms with Gasteiger partial charge in [-0.05, 0) is 24.3 Å². The van der Waals surface area contributed by atoms with Gasteiger partial charge in [-0.2, -0.15) is 12.7 Å². The van der Waals surface area contributed by atoms with Gasteiger partial charge in [-0.25, -0.2) is 0 Å². The minimum atomic E-state index is -3.32. The second-order valence-corrected chi connectivity index (χ2v) is 5.62. The molecule has 0 bridgehead atoms. The van der Waals surface area contributed by atoms with Crippen LogP contribution in [0.25, 0.3) is 0 Å². The number of nitrogens with zero attached hydrogens (tertiary/aromatic N) is 2. The summed E-state index contributed by atoms with van der Waals surface area (Å²) in [5, 5.41) is 0. The molecule has 17 heavy (non-hydrogen) atoms. The molecule has 0 atom stereocenters. The standard InChI is InChI=1S/C11H16N2O3S/c1-3-12-8-9-13(17(12,14)15)10-4-6-11(16-2)7-5-10/h4-7H,3,8-9H2,1-2H3. The molecule has 1 aromatic rings. The van der Waals surface area contributed by atoms with Gasteiger partial charge in [0.1, 0.15) is 5.75 Å². The molecular weight excluding hydrogens is 240 g/mol. The fourth-order valence-corrected chi connectivity index (χ4v) is 3.52. The topological polar surface area (TPSA) is 49.9 Å². The summed E-state index contributed by atoms with van der Waals surface area (Å²) in [5.41, 5.74) is 0.682. The Balaban J connectivity index is 2.29. The number of benzene rings is 1. The predicted molar refractivity (Wildman–Crippen MR) is 66.5 cm³/mol. The average molecular weight is 256 g/mol. The normalized spacial score (nSPS) is 19.5. The summed E-state index contributed by atoms with van der Waals surface area (Å²) in [7, 11) is -1.74. The van der Waals surface area contributed by atoms with E-state index in [0.717, 1.165) is 5.75 Å². The van der Waals surface area contributed by atoms with Crippen LogP contribution < -0.4 is 9.04 Å². The molecule has 2 rings (SSSR count). The van der Waals surface area contributed by atoms with Crippen LogP contribution in [0.15, 0.2) is 24.3 Å². The molecule has 1 aliphatic heterocycles. The molecule has 1 saturated heterocycles. The molecule has 0 amide bonds. The third kappa shape index (κ3) is 2.10. The monoisotopic (exact) mass is 256 g/mol. The van der Waals surface area contributed by atoms with E-state index in [9.17, 15) is 8.42 Å². The Morgan fingerprint density at radius 2 is 1.88 bits per heavy atom. The van der Waals surface area contributed by atoms with Crippen LogP contribution in [0.2, 0.25) is 0 Å². The lowest BCUT2D eigenvalue weighted by Gasteiger charge is -2.19. The Morgan fingerprint density at radius 1 is 1.24 bits per heavy atom. The van der Waals surface area contributed by atoms with Gasteiger partial charge in [-0.1, -0.05) is 6.92 Å². The lowest BCUT2D eigenvalue weighted by Crippen LogP contribution is -2.32. The summed E-state index contributed by atoms with van der Waals surface area (Å²) in [4.78, 5) is 0. The summed E-state index contributed by atoms with van der Waals surface area (Å²) in [6.45, 7) is 3.40. The summed E-state index contributed by atoms with van der Waals surface area (Å²) in [6, 6.07) is 7.05. The summed E-state index contributed by atoms with van der Waals surface area (Å²) in [6.07, 6.45) is 0. The van der Waals surface area contributed by atoms with Crippen molar-refractivity contribution in [2.24, 2.45) is 0 Å². The number of rotatable bonds is 3. The summed E-state index contributed by atoms with van der Waals surface area (Å²) >= 11 is 0. The molecule has 94 valence electrons. The summed E-state index contributed by atoms with van der Waals surface area (Å²) < 4.78 is 32.1. The number of likely N-dealkylation sites (N-methyl/N-ethyl adjacent to an activating group) is 1. The van der Waals surface area contributed by atoms with Crippen LogP contribution >= 0.6 is 0 Å². The smallest absolute Gasteiger partial charge is 0.304 e. The maximum absolute atomic E-state index is 12.1. The minimum Gasteiger partial charge on any atom is -0.497 e. The lowest BCUT2D eigenvalue weighted by atomic mass is 10.3. The second-order valence-electron chi connectivity index (χ2n) is 3.77. The Hall–Kier alpha value is -1.27. The van der Waals surface area contributed by atoms with Crippen molar-refractivity contribution in [1.82, 2.24) is 4.31 Å². The number of hydrogen-bond acceptors (Lipinski definition) is 3. The number of methoxy groups -OCH3 is 1. The molecule has 0 N–H and O–H groups in total. The minimum absolute atomic E-state index is 0.502. The van der Waals surface area contributed by atoms with E-state index in [-0.39, 0.29) is 0 Å². The van der Waals surface area contributed by atoms with Gasteiger partial charge < -0.3 is 4.74 Å². The van der Waals surface area contributed by atoms with Gasteiger partial charge in [0, 0.05) is 19.6 Å². The molecule has 1 aromatic carbocycles. The van der Waals surface area contributed by atoms with E-state index in [1.807, 2.05) is 6.92 Å². The molecule has 0 aromatic heterocycles. The van der Waals surface area contributed by atoms with Gasteiger partial charge in [0.15, 0.2) is 0 Å². The van der Waals surface area contributed by atoms with E-state index in [2.05, 4.69) is 0 Å². The number of anilines is 1. The van der Waals surface area contributed by atoms with Gasteiger partial charge in [0.2, 0.25) is 0 Å². The summed E-state index contributed by atoms with van der Waals surface area (Å²) in [5.74, 6) is 0.720. The molecule has 1 fully saturated rings. The maximum atomic E-state index is 12.1. The van der Waals surface area contributed by atoms with Gasteiger partial charge >= 0.3 is 10.2 Å². The zero-order valence-electron chi connectivity index (χ0n) is 9.96. The van der Waals surface area contributed by atoms with E-state index in [4.69, 9.17) is 4.74 Å². The molecule has 1 aliphatic rings. The van der Waals surface area contributed by atoms with E-state index in [1.54, 1.807) is 31.4 Å². The van der Waals surface area contributed by atoms with Crippen molar-refractivity contribution in [1.29, 1.82) is 0 Å². The fourth-order valence-electron chi connectivity index (χ4n) is 1.90. The van der Waals surface area contributed by atoms with Crippen molar-refractivity contribution < 1.29 is 13.2 Å². The number of hydrogen-bond donors (Lipinski definition) is 0. The molecule has 1 heterocycles. The highest BCUT2D eigenvalue weighted by Crippen LogP contribution is 2.26. The SMILES string of the molecule is CCN1CCN(c2ccc(OC)cc2)S1(=O)=O.